The van der Waals surface area contributed by atoms with Gasteiger partial charge in [-0.2, -0.15) is 0 Å². The van der Waals surface area contributed by atoms with Gasteiger partial charge in [0.25, 0.3) is 0 Å². The zero-order valence-corrected chi connectivity index (χ0v) is 24.2. The number of nitrogens with one attached hydrogen (secondary N) is 1. The van der Waals surface area contributed by atoms with Gasteiger partial charge in [0.1, 0.15) is 0 Å². The fourth-order valence-corrected chi connectivity index (χ4v) is 5.82. The predicted octanol–water partition coefficient (Wildman–Crippen LogP) is 11.7. The van der Waals surface area contributed by atoms with E-state index in [0.717, 1.165) is 37.1 Å². The molecule has 0 saturated heterocycles. The highest BCUT2D eigenvalue weighted by atomic mass is 14.9. The summed E-state index contributed by atoms with van der Waals surface area (Å²) in [6.07, 6.45) is 25.8. The maximum absolute atomic E-state index is 3.62. The Hall–Kier alpha value is -3.84. The number of hydrogen-bond acceptors (Lipinski definition) is 1. The summed E-state index contributed by atoms with van der Waals surface area (Å²) in [7, 11) is 0. The lowest BCUT2D eigenvalue weighted by molar-refractivity contribution is 0.662. The number of rotatable bonds is 11. The minimum atomic E-state index is 0.496. The van der Waals surface area contributed by atoms with Gasteiger partial charge < -0.3 is 5.32 Å². The van der Waals surface area contributed by atoms with Crippen molar-refractivity contribution in [3.8, 4) is 11.1 Å². The Morgan fingerprint density at radius 2 is 1.48 bits per heavy atom. The van der Waals surface area contributed by atoms with E-state index in [9.17, 15) is 0 Å². The van der Waals surface area contributed by atoms with Gasteiger partial charge >= 0.3 is 0 Å². The van der Waals surface area contributed by atoms with Gasteiger partial charge in [0.2, 0.25) is 0 Å². The monoisotopic (exact) mass is 525 g/mol. The van der Waals surface area contributed by atoms with E-state index in [4.69, 9.17) is 0 Å². The normalized spacial score (nSPS) is 15.9. The van der Waals surface area contributed by atoms with Crippen molar-refractivity contribution >= 4 is 22.5 Å². The van der Waals surface area contributed by atoms with Gasteiger partial charge in [0, 0.05) is 17.3 Å². The van der Waals surface area contributed by atoms with E-state index in [2.05, 4.69) is 134 Å². The van der Waals surface area contributed by atoms with Crippen LogP contribution in [-0.2, 0) is 0 Å². The topological polar surface area (TPSA) is 12.0 Å². The van der Waals surface area contributed by atoms with Crippen LogP contribution in [0.3, 0.4) is 0 Å². The second-order valence-electron chi connectivity index (χ2n) is 11.0. The highest BCUT2D eigenvalue weighted by Crippen LogP contribution is 2.33. The Morgan fingerprint density at radius 3 is 2.17 bits per heavy atom. The van der Waals surface area contributed by atoms with Crippen molar-refractivity contribution in [3.63, 3.8) is 0 Å². The average molecular weight is 526 g/mol. The van der Waals surface area contributed by atoms with Crippen LogP contribution < -0.4 is 5.32 Å². The van der Waals surface area contributed by atoms with Crippen molar-refractivity contribution in [1.82, 2.24) is 0 Å². The molecular formula is C39H43N. The molecule has 0 amide bonds. The van der Waals surface area contributed by atoms with Gasteiger partial charge in [-0.25, -0.2) is 0 Å². The van der Waals surface area contributed by atoms with E-state index in [1.54, 1.807) is 0 Å². The quantitative estimate of drug-likeness (QED) is 0.262. The third-order valence-corrected chi connectivity index (χ3v) is 7.90. The van der Waals surface area contributed by atoms with Crippen LogP contribution in [0.1, 0.15) is 76.3 Å². The molecule has 0 spiro atoms. The molecule has 0 aromatic heterocycles. The maximum Gasteiger partial charge on any atom is 0.0390 e. The van der Waals surface area contributed by atoms with Gasteiger partial charge in [-0.15, -0.1) is 0 Å². The van der Waals surface area contributed by atoms with Crippen LogP contribution in [0.5, 0.6) is 0 Å². The van der Waals surface area contributed by atoms with Crippen LogP contribution in [0.2, 0.25) is 0 Å². The summed E-state index contributed by atoms with van der Waals surface area (Å²) in [5.74, 6) is 0.496. The van der Waals surface area contributed by atoms with Crippen LogP contribution in [0, 0.1) is 5.92 Å². The fraction of sp³-hybridized carbons (Fsp3) is 0.282. The summed E-state index contributed by atoms with van der Waals surface area (Å²) in [5.41, 5.74) is 11.6. The minimum absolute atomic E-state index is 0.496. The Balaban J connectivity index is 1.36. The van der Waals surface area contributed by atoms with E-state index >= 15 is 0 Å². The Bertz CT molecular complexity index is 1430. The van der Waals surface area contributed by atoms with Crippen molar-refractivity contribution in [3.05, 3.63) is 132 Å². The first kappa shape index (κ1) is 27.7. The molecule has 40 heavy (non-hydrogen) atoms. The molecule has 204 valence electrons. The molecular weight excluding hydrogens is 482 g/mol. The van der Waals surface area contributed by atoms with E-state index in [0.29, 0.717) is 5.92 Å². The van der Waals surface area contributed by atoms with Gasteiger partial charge in [0.15, 0.2) is 0 Å². The van der Waals surface area contributed by atoms with Crippen LogP contribution >= 0.6 is 0 Å². The molecule has 3 aromatic rings. The van der Waals surface area contributed by atoms with Gasteiger partial charge in [0.05, 0.1) is 0 Å². The fourth-order valence-electron chi connectivity index (χ4n) is 5.82. The average Bonchev–Trinajstić information content (AvgIpc) is 3.02. The third kappa shape index (κ3) is 7.21. The number of hydrogen-bond donors (Lipinski definition) is 1. The summed E-state index contributed by atoms with van der Waals surface area (Å²) in [6, 6.07) is 26.7. The first-order valence-corrected chi connectivity index (χ1v) is 15.3. The summed E-state index contributed by atoms with van der Waals surface area (Å²) >= 11 is 0. The molecule has 0 heterocycles. The molecule has 1 atom stereocenters. The molecule has 1 nitrogen and oxygen atoms in total. The smallest absolute Gasteiger partial charge is 0.0390 e. The summed E-state index contributed by atoms with van der Waals surface area (Å²) in [4.78, 5) is 0. The molecule has 2 aliphatic rings. The first-order valence-electron chi connectivity index (χ1n) is 15.3. The van der Waals surface area contributed by atoms with Crippen molar-refractivity contribution < 1.29 is 0 Å². The Morgan fingerprint density at radius 1 is 0.725 bits per heavy atom. The molecule has 5 rings (SSSR count). The van der Waals surface area contributed by atoms with E-state index in [1.165, 1.54) is 64.7 Å². The van der Waals surface area contributed by atoms with Crippen LogP contribution in [0.15, 0.2) is 121 Å². The number of benzene rings is 3. The molecule has 1 N–H and O–H groups in total. The summed E-state index contributed by atoms with van der Waals surface area (Å²) < 4.78 is 0. The van der Waals surface area contributed by atoms with Crippen LogP contribution in [-0.4, -0.2) is 0 Å². The molecule has 0 fully saturated rings. The molecule has 3 aromatic carbocycles. The first-order chi connectivity index (χ1) is 19.7. The lowest BCUT2D eigenvalue weighted by atomic mass is 9.86. The van der Waals surface area contributed by atoms with Gasteiger partial charge in [-0.05, 0) is 108 Å². The largest absolute Gasteiger partial charge is 0.356 e. The van der Waals surface area contributed by atoms with Gasteiger partial charge in [-0.1, -0.05) is 112 Å². The predicted molar refractivity (Wildman–Crippen MR) is 176 cm³/mol. The van der Waals surface area contributed by atoms with Gasteiger partial charge in [-0.3, -0.25) is 0 Å². The number of anilines is 2. The molecule has 0 bridgehead atoms. The van der Waals surface area contributed by atoms with Crippen molar-refractivity contribution in [2.75, 3.05) is 5.32 Å². The van der Waals surface area contributed by atoms with E-state index in [1.807, 2.05) is 0 Å². The lowest BCUT2D eigenvalue weighted by Crippen LogP contribution is -2.03. The van der Waals surface area contributed by atoms with Crippen LogP contribution in [0.25, 0.3) is 22.3 Å². The third-order valence-electron chi connectivity index (χ3n) is 7.90. The zero-order valence-electron chi connectivity index (χ0n) is 24.2. The van der Waals surface area contributed by atoms with Crippen molar-refractivity contribution in [2.24, 2.45) is 5.92 Å². The SMILES string of the molecule is CCC/C(=C\C(CCC)C1=CCCC=C1)c1cccc(-c2cccc(Nc3ccc(C4=CCCC=C4)cc3)c2)c1. The lowest BCUT2D eigenvalue weighted by Gasteiger charge is -2.19. The Kier molecular flexibility index (Phi) is 9.69. The second kappa shape index (κ2) is 14.0. The molecule has 0 aliphatic heterocycles. The molecule has 1 unspecified atom stereocenters. The number of allylic oxidation sites excluding steroid dienone is 10. The highest BCUT2D eigenvalue weighted by molar-refractivity contribution is 5.78. The zero-order chi connectivity index (χ0) is 27.6. The van der Waals surface area contributed by atoms with Crippen LogP contribution in [0.4, 0.5) is 11.4 Å². The maximum atomic E-state index is 3.62. The summed E-state index contributed by atoms with van der Waals surface area (Å²) in [6.45, 7) is 4.59. The molecule has 2 aliphatic carbocycles. The molecule has 1 heteroatoms. The second-order valence-corrected chi connectivity index (χ2v) is 11.0. The van der Waals surface area contributed by atoms with E-state index in [-0.39, 0.29) is 0 Å². The molecule has 0 saturated carbocycles. The molecule has 0 radical (unpaired) electrons. The summed E-state index contributed by atoms with van der Waals surface area (Å²) in [5, 5.41) is 3.62. The van der Waals surface area contributed by atoms with Crippen molar-refractivity contribution in [1.29, 1.82) is 0 Å². The Labute approximate surface area is 241 Å². The highest BCUT2D eigenvalue weighted by Gasteiger charge is 2.13. The minimum Gasteiger partial charge on any atom is -0.356 e. The standard InChI is InChI=1S/C39H43N/c1-3-13-33(31-17-9-6-10-18-31)27-34(14-4-2)35-19-11-20-36(28-35)37-21-12-22-39(29-37)40-38-25-23-32(24-26-38)30-15-7-5-8-16-30/h7,9,11-12,15-29,33,40H,3-6,8,10,13-14H2,1-2H3/b34-27+. The van der Waals surface area contributed by atoms with E-state index < -0.39 is 0 Å². The van der Waals surface area contributed by atoms with Crippen molar-refractivity contribution in [2.45, 2.75) is 65.2 Å².